The standard InChI is InChI=1S/C18H23N3O2/c1-13-11-15(19)9-10-21(13)18(22)8-7-17-20-12-16(23-17)14-5-3-2-4-6-14/h2-6,12-13,15H,7-11,19H2,1H3/t13-,15+/m1/s1. The summed E-state index contributed by atoms with van der Waals surface area (Å²) >= 11 is 0. The second-order valence-corrected chi connectivity index (χ2v) is 6.20. The maximum atomic E-state index is 12.4. The van der Waals surface area contributed by atoms with Gasteiger partial charge in [-0.25, -0.2) is 4.98 Å². The Morgan fingerprint density at radius 3 is 2.91 bits per heavy atom. The highest BCUT2D eigenvalue weighted by Crippen LogP contribution is 2.21. The number of rotatable bonds is 4. The molecule has 1 fully saturated rings. The molecule has 0 spiro atoms. The van der Waals surface area contributed by atoms with E-state index in [9.17, 15) is 4.79 Å². The third kappa shape index (κ3) is 3.79. The van der Waals surface area contributed by atoms with Gasteiger partial charge in [0.05, 0.1) is 6.20 Å². The summed E-state index contributed by atoms with van der Waals surface area (Å²) < 4.78 is 5.75. The molecule has 2 atom stereocenters. The lowest BCUT2D eigenvalue weighted by Gasteiger charge is -2.36. The van der Waals surface area contributed by atoms with Gasteiger partial charge in [-0.2, -0.15) is 0 Å². The van der Waals surface area contributed by atoms with Crippen LogP contribution in [-0.2, 0) is 11.2 Å². The molecule has 1 aromatic heterocycles. The van der Waals surface area contributed by atoms with Gasteiger partial charge in [0.1, 0.15) is 0 Å². The van der Waals surface area contributed by atoms with E-state index in [0.717, 1.165) is 30.7 Å². The highest BCUT2D eigenvalue weighted by atomic mass is 16.4. The Morgan fingerprint density at radius 1 is 1.39 bits per heavy atom. The van der Waals surface area contributed by atoms with Gasteiger partial charge in [-0.05, 0) is 19.8 Å². The minimum Gasteiger partial charge on any atom is -0.441 e. The van der Waals surface area contributed by atoms with Gasteiger partial charge in [-0.15, -0.1) is 0 Å². The molecule has 0 bridgehead atoms. The molecule has 0 unspecified atom stereocenters. The molecule has 5 nitrogen and oxygen atoms in total. The molecular weight excluding hydrogens is 290 g/mol. The topological polar surface area (TPSA) is 72.4 Å². The molecular formula is C18H23N3O2. The molecule has 5 heteroatoms. The molecule has 2 aromatic rings. The van der Waals surface area contributed by atoms with Crippen molar-refractivity contribution in [2.75, 3.05) is 6.54 Å². The van der Waals surface area contributed by atoms with Gasteiger partial charge in [0.15, 0.2) is 11.7 Å². The summed E-state index contributed by atoms with van der Waals surface area (Å²) in [5.41, 5.74) is 6.94. The predicted octanol–water partition coefficient (Wildman–Crippen LogP) is 2.61. The summed E-state index contributed by atoms with van der Waals surface area (Å²) in [6, 6.07) is 10.3. The van der Waals surface area contributed by atoms with Crippen LogP contribution in [0.25, 0.3) is 11.3 Å². The van der Waals surface area contributed by atoms with E-state index in [-0.39, 0.29) is 18.0 Å². The first-order chi connectivity index (χ1) is 11.1. The van der Waals surface area contributed by atoms with Gasteiger partial charge in [-0.1, -0.05) is 30.3 Å². The molecule has 1 saturated heterocycles. The number of oxazole rings is 1. The molecule has 3 rings (SSSR count). The van der Waals surface area contributed by atoms with Crippen LogP contribution in [0.5, 0.6) is 0 Å². The number of piperidine rings is 1. The summed E-state index contributed by atoms with van der Waals surface area (Å²) in [7, 11) is 0. The highest BCUT2D eigenvalue weighted by molar-refractivity contribution is 5.76. The fraction of sp³-hybridized carbons (Fsp3) is 0.444. The van der Waals surface area contributed by atoms with E-state index >= 15 is 0 Å². The van der Waals surface area contributed by atoms with Crippen LogP contribution >= 0.6 is 0 Å². The van der Waals surface area contributed by atoms with E-state index in [1.54, 1.807) is 6.20 Å². The Hall–Kier alpha value is -2.14. The maximum absolute atomic E-state index is 12.4. The van der Waals surface area contributed by atoms with Crippen molar-refractivity contribution in [3.05, 3.63) is 42.4 Å². The molecule has 1 aliphatic heterocycles. The minimum atomic E-state index is 0.156. The second-order valence-electron chi connectivity index (χ2n) is 6.20. The molecule has 1 aromatic carbocycles. The van der Waals surface area contributed by atoms with Crippen molar-refractivity contribution >= 4 is 5.91 Å². The first-order valence-corrected chi connectivity index (χ1v) is 8.18. The van der Waals surface area contributed by atoms with Crippen molar-refractivity contribution in [2.24, 2.45) is 5.73 Å². The molecule has 0 radical (unpaired) electrons. The summed E-state index contributed by atoms with van der Waals surface area (Å²) in [6.07, 6.45) is 4.43. The number of benzene rings is 1. The van der Waals surface area contributed by atoms with Gasteiger partial charge in [0.2, 0.25) is 5.91 Å². The van der Waals surface area contributed by atoms with E-state index in [1.807, 2.05) is 35.2 Å². The summed E-state index contributed by atoms with van der Waals surface area (Å²) in [4.78, 5) is 18.6. The van der Waals surface area contributed by atoms with Crippen LogP contribution in [-0.4, -0.2) is 34.4 Å². The molecule has 122 valence electrons. The normalized spacial score (nSPS) is 21.4. The van der Waals surface area contributed by atoms with Crippen LogP contribution in [0.1, 0.15) is 32.1 Å². The van der Waals surface area contributed by atoms with E-state index in [4.69, 9.17) is 10.2 Å². The number of hydrogen-bond acceptors (Lipinski definition) is 4. The lowest BCUT2D eigenvalue weighted by Crippen LogP contribution is -2.48. The van der Waals surface area contributed by atoms with E-state index < -0.39 is 0 Å². The van der Waals surface area contributed by atoms with E-state index in [0.29, 0.717) is 18.7 Å². The molecule has 23 heavy (non-hydrogen) atoms. The quantitative estimate of drug-likeness (QED) is 0.941. The smallest absolute Gasteiger partial charge is 0.223 e. The first-order valence-electron chi connectivity index (χ1n) is 8.18. The zero-order chi connectivity index (χ0) is 16.2. The van der Waals surface area contributed by atoms with Gasteiger partial charge >= 0.3 is 0 Å². The Morgan fingerprint density at radius 2 is 2.17 bits per heavy atom. The van der Waals surface area contributed by atoms with Crippen molar-refractivity contribution in [3.8, 4) is 11.3 Å². The lowest BCUT2D eigenvalue weighted by atomic mass is 9.98. The number of aryl methyl sites for hydroxylation is 1. The summed E-state index contributed by atoms with van der Waals surface area (Å²) in [5.74, 6) is 1.51. The summed E-state index contributed by atoms with van der Waals surface area (Å²) in [5, 5.41) is 0. The third-order valence-corrected chi connectivity index (χ3v) is 4.40. The summed E-state index contributed by atoms with van der Waals surface area (Å²) in [6.45, 7) is 2.82. The molecule has 2 heterocycles. The average Bonchev–Trinajstić information content (AvgIpc) is 3.02. The number of carbonyl (C=O) groups excluding carboxylic acids is 1. The first kappa shape index (κ1) is 15.7. The van der Waals surface area contributed by atoms with Crippen molar-refractivity contribution in [2.45, 2.75) is 44.7 Å². The Bertz CT molecular complexity index is 653. The molecule has 0 saturated carbocycles. The number of nitrogens with two attached hydrogens (primary N) is 1. The van der Waals surface area contributed by atoms with Crippen molar-refractivity contribution in [1.29, 1.82) is 0 Å². The van der Waals surface area contributed by atoms with Crippen LogP contribution in [0.15, 0.2) is 40.9 Å². The van der Waals surface area contributed by atoms with Crippen LogP contribution in [0, 0.1) is 0 Å². The SMILES string of the molecule is C[C@@H]1C[C@@H](N)CCN1C(=O)CCc1ncc(-c2ccccc2)o1. The fourth-order valence-corrected chi connectivity index (χ4v) is 3.10. The van der Waals surface area contributed by atoms with E-state index in [1.165, 1.54) is 0 Å². The number of amides is 1. The van der Waals surface area contributed by atoms with Gasteiger partial charge in [0.25, 0.3) is 0 Å². The molecule has 1 amide bonds. The minimum absolute atomic E-state index is 0.156. The molecule has 2 N–H and O–H groups in total. The number of aromatic nitrogens is 1. The number of likely N-dealkylation sites (tertiary alicyclic amines) is 1. The largest absolute Gasteiger partial charge is 0.441 e. The van der Waals surface area contributed by atoms with Crippen LogP contribution in [0.4, 0.5) is 0 Å². The zero-order valence-electron chi connectivity index (χ0n) is 13.4. The lowest BCUT2D eigenvalue weighted by molar-refractivity contribution is -0.134. The Balaban J connectivity index is 1.56. The zero-order valence-corrected chi connectivity index (χ0v) is 13.4. The fourth-order valence-electron chi connectivity index (χ4n) is 3.10. The second kappa shape index (κ2) is 6.96. The maximum Gasteiger partial charge on any atom is 0.223 e. The Kier molecular flexibility index (Phi) is 4.76. The van der Waals surface area contributed by atoms with Crippen LogP contribution < -0.4 is 5.73 Å². The van der Waals surface area contributed by atoms with E-state index in [2.05, 4.69) is 11.9 Å². The van der Waals surface area contributed by atoms with Crippen LogP contribution in [0.2, 0.25) is 0 Å². The highest BCUT2D eigenvalue weighted by Gasteiger charge is 2.26. The van der Waals surface area contributed by atoms with Crippen molar-refractivity contribution < 1.29 is 9.21 Å². The van der Waals surface area contributed by atoms with Crippen molar-refractivity contribution in [1.82, 2.24) is 9.88 Å². The number of hydrogen-bond donors (Lipinski definition) is 1. The molecule has 1 aliphatic rings. The van der Waals surface area contributed by atoms with Gasteiger partial charge in [0, 0.05) is 37.0 Å². The van der Waals surface area contributed by atoms with Crippen molar-refractivity contribution in [3.63, 3.8) is 0 Å². The van der Waals surface area contributed by atoms with Gasteiger partial charge in [-0.3, -0.25) is 4.79 Å². The predicted molar refractivity (Wildman–Crippen MR) is 88.6 cm³/mol. The number of nitrogens with zero attached hydrogens (tertiary/aromatic N) is 2. The third-order valence-electron chi connectivity index (χ3n) is 4.40. The van der Waals surface area contributed by atoms with Gasteiger partial charge < -0.3 is 15.1 Å². The van der Waals surface area contributed by atoms with Crippen LogP contribution in [0.3, 0.4) is 0 Å². The number of carbonyl (C=O) groups is 1. The monoisotopic (exact) mass is 313 g/mol. The Labute approximate surface area is 136 Å². The average molecular weight is 313 g/mol. The molecule has 0 aliphatic carbocycles.